The summed E-state index contributed by atoms with van der Waals surface area (Å²) >= 11 is 0. The van der Waals surface area contributed by atoms with Gasteiger partial charge in [0, 0.05) is 12.1 Å². The first kappa shape index (κ1) is 22.4. The molecule has 0 spiro atoms. The van der Waals surface area contributed by atoms with Crippen molar-refractivity contribution in [2.24, 2.45) is 0 Å². The average Bonchev–Trinajstić information content (AvgIpc) is 2.79. The number of hydrogen-bond acceptors (Lipinski definition) is 2. The molecule has 0 amide bonds. The number of para-hydroxylation sites is 1. The van der Waals surface area contributed by atoms with Crippen LogP contribution in [0.2, 0.25) is 18.1 Å². The highest BCUT2D eigenvalue weighted by molar-refractivity contribution is 6.74. The molecule has 0 saturated carbocycles. The number of anilines is 1. The van der Waals surface area contributed by atoms with Crippen molar-refractivity contribution in [3.05, 3.63) is 114 Å². The predicted molar refractivity (Wildman–Crippen MR) is 138 cm³/mol. The Morgan fingerprint density at radius 3 is 1.78 bits per heavy atom. The van der Waals surface area contributed by atoms with E-state index >= 15 is 0 Å². The Balaban J connectivity index is 1.85. The Labute approximate surface area is 194 Å². The van der Waals surface area contributed by atoms with Gasteiger partial charge in [0.1, 0.15) is 0 Å². The molecule has 0 fully saturated rings. The van der Waals surface area contributed by atoms with Crippen LogP contribution in [0.3, 0.4) is 0 Å². The SMILES string of the molecule is CC(C)(C)[Si](C)(C)OC1=C[C@H](c2ccccc2)N(c2ccccc2)[C@@H](c2ccccc2)C1. The Kier molecular flexibility index (Phi) is 6.30. The Morgan fingerprint density at radius 2 is 1.25 bits per heavy atom. The van der Waals surface area contributed by atoms with Gasteiger partial charge in [-0.15, -0.1) is 0 Å². The minimum Gasteiger partial charge on any atom is -0.547 e. The molecule has 0 aromatic heterocycles. The van der Waals surface area contributed by atoms with Crippen molar-refractivity contribution in [3.63, 3.8) is 0 Å². The highest BCUT2D eigenvalue weighted by atomic mass is 28.4. The zero-order valence-corrected chi connectivity index (χ0v) is 21.0. The Morgan fingerprint density at radius 1 is 0.750 bits per heavy atom. The van der Waals surface area contributed by atoms with E-state index in [-0.39, 0.29) is 17.1 Å². The molecule has 0 saturated heterocycles. The summed E-state index contributed by atoms with van der Waals surface area (Å²) in [4.78, 5) is 2.56. The average molecular weight is 442 g/mol. The maximum atomic E-state index is 6.90. The van der Waals surface area contributed by atoms with Crippen LogP contribution in [0, 0.1) is 0 Å². The Hall–Kier alpha value is -2.78. The maximum absolute atomic E-state index is 6.90. The fourth-order valence-electron chi connectivity index (χ4n) is 4.17. The zero-order valence-electron chi connectivity index (χ0n) is 20.0. The quantitative estimate of drug-likeness (QED) is 0.369. The molecule has 3 aromatic rings. The first-order valence-electron chi connectivity index (χ1n) is 11.6. The van der Waals surface area contributed by atoms with Crippen molar-refractivity contribution >= 4 is 14.0 Å². The Bertz CT molecular complexity index is 1040. The van der Waals surface area contributed by atoms with Gasteiger partial charge in [0.25, 0.3) is 0 Å². The largest absolute Gasteiger partial charge is 0.547 e. The summed E-state index contributed by atoms with van der Waals surface area (Å²) in [6.45, 7) is 11.6. The van der Waals surface area contributed by atoms with Crippen molar-refractivity contribution < 1.29 is 4.43 Å². The van der Waals surface area contributed by atoms with Crippen molar-refractivity contribution in [3.8, 4) is 0 Å². The molecule has 0 aliphatic carbocycles. The topological polar surface area (TPSA) is 12.5 Å². The fraction of sp³-hybridized carbons (Fsp3) is 0.310. The standard InChI is InChI=1S/C29H35NOSi/c1-29(2,3)32(4,5)31-26-21-27(23-15-9-6-10-16-23)30(25-19-13-8-14-20-25)28(22-26)24-17-11-7-12-18-24/h6-21,27-28H,22H2,1-5H3/t27-,28-/m1/s1. The van der Waals surface area contributed by atoms with Gasteiger partial charge in [0.15, 0.2) is 0 Å². The summed E-state index contributed by atoms with van der Waals surface area (Å²) in [5, 5.41) is 0.162. The molecule has 166 valence electrons. The summed E-state index contributed by atoms with van der Waals surface area (Å²) in [7, 11) is -1.94. The van der Waals surface area contributed by atoms with Crippen LogP contribution < -0.4 is 4.90 Å². The number of benzene rings is 3. The normalized spacial score (nSPS) is 19.4. The molecule has 1 aliphatic rings. The summed E-state index contributed by atoms with van der Waals surface area (Å²) in [6.07, 6.45) is 3.23. The molecule has 0 radical (unpaired) electrons. The van der Waals surface area contributed by atoms with Crippen molar-refractivity contribution in [1.82, 2.24) is 0 Å². The van der Waals surface area contributed by atoms with Gasteiger partial charge >= 0.3 is 0 Å². The summed E-state index contributed by atoms with van der Waals surface area (Å²) in [6, 6.07) is 32.8. The zero-order chi connectivity index (χ0) is 22.8. The van der Waals surface area contributed by atoms with Crippen LogP contribution in [0.1, 0.15) is 50.4 Å². The second-order valence-corrected chi connectivity index (χ2v) is 14.9. The van der Waals surface area contributed by atoms with E-state index in [0.717, 1.165) is 12.2 Å². The van der Waals surface area contributed by atoms with Crippen LogP contribution in [0.4, 0.5) is 5.69 Å². The summed E-state index contributed by atoms with van der Waals surface area (Å²) < 4.78 is 6.90. The molecule has 32 heavy (non-hydrogen) atoms. The van der Waals surface area contributed by atoms with Crippen molar-refractivity contribution in [2.45, 2.75) is 57.4 Å². The molecule has 1 aliphatic heterocycles. The second kappa shape index (κ2) is 8.99. The monoisotopic (exact) mass is 441 g/mol. The molecular formula is C29H35NOSi. The molecule has 1 heterocycles. The van der Waals surface area contributed by atoms with E-state index in [1.54, 1.807) is 0 Å². The molecule has 2 atom stereocenters. The summed E-state index contributed by atoms with van der Waals surface area (Å²) in [5.41, 5.74) is 3.84. The van der Waals surface area contributed by atoms with Gasteiger partial charge in [-0.05, 0) is 47.5 Å². The van der Waals surface area contributed by atoms with Gasteiger partial charge in [-0.2, -0.15) is 0 Å². The molecule has 3 aromatic carbocycles. The van der Waals surface area contributed by atoms with E-state index in [1.165, 1.54) is 16.8 Å². The first-order chi connectivity index (χ1) is 15.3. The van der Waals surface area contributed by atoms with Crippen LogP contribution in [-0.4, -0.2) is 8.32 Å². The highest BCUT2D eigenvalue weighted by Gasteiger charge is 2.41. The van der Waals surface area contributed by atoms with E-state index in [1.807, 2.05) is 0 Å². The lowest BCUT2D eigenvalue weighted by Gasteiger charge is -2.45. The molecule has 0 bridgehead atoms. The molecule has 2 nitrogen and oxygen atoms in total. The molecular weight excluding hydrogens is 406 g/mol. The molecule has 0 unspecified atom stereocenters. The van der Waals surface area contributed by atoms with Gasteiger partial charge in [-0.25, -0.2) is 0 Å². The minimum absolute atomic E-state index is 0.109. The fourth-order valence-corrected chi connectivity index (χ4v) is 5.28. The number of nitrogens with zero attached hydrogens (tertiary/aromatic N) is 1. The third-order valence-corrected chi connectivity index (χ3v) is 11.3. The number of rotatable bonds is 5. The third kappa shape index (κ3) is 4.68. The minimum atomic E-state index is -1.94. The van der Waals surface area contributed by atoms with E-state index in [9.17, 15) is 0 Å². The van der Waals surface area contributed by atoms with Gasteiger partial charge in [-0.1, -0.05) is 99.6 Å². The smallest absolute Gasteiger partial charge is 0.250 e. The lowest BCUT2D eigenvalue weighted by Crippen LogP contribution is -2.43. The lowest BCUT2D eigenvalue weighted by molar-refractivity contribution is 0.333. The van der Waals surface area contributed by atoms with Gasteiger partial charge < -0.3 is 9.33 Å². The van der Waals surface area contributed by atoms with Crippen LogP contribution in [-0.2, 0) is 4.43 Å². The first-order valence-corrected chi connectivity index (χ1v) is 14.5. The maximum Gasteiger partial charge on any atom is 0.250 e. The number of hydrogen-bond donors (Lipinski definition) is 0. The predicted octanol–water partition coefficient (Wildman–Crippen LogP) is 8.29. The van der Waals surface area contributed by atoms with Gasteiger partial charge in [-0.3, -0.25) is 0 Å². The second-order valence-electron chi connectivity index (χ2n) is 10.2. The molecule has 0 N–H and O–H groups in total. The van der Waals surface area contributed by atoms with Crippen LogP contribution >= 0.6 is 0 Å². The van der Waals surface area contributed by atoms with Gasteiger partial charge in [0.05, 0.1) is 17.8 Å². The van der Waals surface area contributed by atoms with E-state index in [2.05, 4.69) is 136 Å². The van der Waals surface area contributed by atoms with Crippen LogP contribution in [0.25, 0.3) is 0 Å². The van der Waals surface area contributed by atoms with Crippen molar-refractivity contribution in [2.75, 3.05) is 4.90 Å². The van der Waals surface area contributed by atoms with E-state index in [0.29, 0.717) is 0 Å². The van der Waals surface area contributed by atoms with E-state index < -0.39 is 8.32 Å². The molecule has 3 heteroatoms. The highest BCUT2D eigenvalue weighted by Crippen LogP contribution is 2.46. The van der Waals surface area contributed by atoms with Crippen LogP contribution in [0.5, 0.6) is 0 Å². The van der Waals surface area contributed by atoms with Gasteiger partial charge in [0.2, 0.25) is 8.32 Å². The van der Waals surface area contributed by atoms with E-state index in [4.69, 9.17) is 4.43 Å². The summed E-state index contributed by atoms with van der Waals surface area (Å²) in [5.74, 6) is 1.13. The molecule has 4 rings (SSSR count). The lowest BCUT2D eigenvalue weighted by atomic mass is 9.90. The van der Waals surface area contributed by atoms with Crippen LogP contribution in [0.15, 0.2) is 103 Å². The van der Waals surface area contributed by atoms with Crippen molar-refractivity contribution in [1.29, 1.82) is 0 Å². The third-order valence-electron chi connectivity index (χ3n) is 6.95.